The summed E-state index contributed by atoms with van der Waals surface area (Å²) < 4.78 is 0. The van der Waals surface area contributed by atoms with Crippen molar-refractivity contribution in [3.05, 3.63) is 29.8 Å². The van der Waals surface area contributed by atoms with Gasteiger partial charge in [-0.3, -0.25) is 0 Å². The molecule has 1 unspecified atom stereocenters. The number of hydrogen-bond donors (Lipinski definition) is 0. The minimum atomic E-state index is 0.711. The minimum absolute atomic E-state index is 0.711. The molecule has 1 heterocycles. The van der Waals surface area contributed by atoms with Crippen molar-refractivity contribution in [2.24, 2.45) is 0 Å². The SMILES string of the molecule is CCCCN(CCCl)CC1Cc2ccccc2S1. The number of fused-ring (bicyclic) bond motifs is 1. The van der Waals surface area contributed by atoms with Crippen LogP contribution in [0, 0.1) is 0 Å². The van der Waals surface area contributed by atoms with Gasteiger partial charge in [-0.2, -0.15) is 0 Å². The highest BCUT2D eigenvalue weighted by Crippen LogP contribution is 2.37. The van der Waals surface area contributed by atoms with Gasteiger partial charge in [0.2, 0.25) is 0 Å². The van der Waals surface area contributed by atoms with Crippen LogP contribution in [0.3, 0.4) is 0 Å². The molecular formula is C15H22ClNS. The normalized spacial score (nSPS) is 18.3. The number of halogens is 1. The quantitative estimate of drug-likeness (QED) is 0.695. The Morgan fingerprint density at radius 2 is 2.17 bits per heavy atom. The molecule has 1 atom stereocenters. The summed E-state index contributed by atoms with van der Waals surface area (Å²) in [7, 11) is 0. The largest absolute Gasteiger partial charge is 0.301 e. The first kappa shape index (κ1) is 14.2. The summed E-state index contributed by atoms with van der Waals surface area (Å²) in [5.74, 6) is 0.744. The van der Waals surface area contributed by atoms with Crippen LogP contribution in [0.25, 0.3) is 0 Å². The number of alkyl halides is 1. The summed E-state index contributed by atoms with van der Waals surface area (Å²) in [6, 6.07) is 8.80. The van der Waals surface area contributed by atoms with E-state index in [-0.39, 0.29) is 0 Å². The van der Waals surface area contributed by atoms with E-state index < -0.39 is 0 Å². The molecule has 1 aliphatic rings. The van der Waals surface area contributed by atoms with Gasteiger partial charge in [-0.1, -0.05) is 31.5 Å². The van der Waals surface area contributed by atoms with E-state index in [4.69, 9.17) is 11.6 Å². The molecule has 0 fully saturated rings. The molecule has 0 bridgehead atoms. The fraction of sp³-hybridized carbons (Fsp3) is 0.600. The number of unbranched alkanes of at least 4 members (excludes halogenated alkanes) is 1. The summed E-state index contributed by atoms with van der Waals surface area (Å²) in [6.45, 7) is 5.64. The Labute approximate surface area is 120 Å². The molecule has 0 radical (unpaired) electrons. The van der Waals surface area contributed by atoms with E-state index in [2.05, 4.69) is 36.1 Å². The van der Waals surface area contributed by atoms with Crippen molar-refractivity contribution in [2.45, 2.75) is 36.3 Å². The molecule has 0 spiro atoms. The maximum Gasteiger partial charge on any atom is 0.0351 e. The van der Waals surface area contributed by atoms with Crippen LogP contribution >= 0.6 is 23.4 Å². The number of benzene rings is 1. The average molecular weight is 284 g/mol. The lowest BCUT2D eigenvalue weighted by Gasteiger charge is -2.24. The van der Waals surface area contributed by atoms with Crippen molar-refractivity contribution in [3.63, 3.8) is 0 Å². The Morgan fingerprint density at radius 1 is 1.33 bits per heavy atom. The van der Waals surface area contributed by atoms with Gasteiger partial charge in [0, 0.05) is 29.1 Å². The van der Waals surface area contributed by atoms with Gasteiger partial charge in [-0.15, -0.1) is 23.4 Å². The average Bonchev–Trinajstić information content (AvgIpc) is 2.78. The Balaban J connectivity index is 1.86. The van der Waals surface area contributed by atoms with Crippen molar-refractivity contribution < 1.29 is 0 Å². The van der Waals surface area contributed by atoms with E-state index in [1.807, 2.05) is 11.8 Å². The van der Waals surface area contributed by atoms with Crippen molar-refractivity contribution >= 4 is 23.4 Å². The standard InChI is InChI=1S/C15H22ClNS/c1-2-3-9-17(10-8-16)12-14-11-13-6-4-5-7-15(13)18-14/h4-7,14H,2-3,8-12H2,1H3. The maximum atomic E-state index is 5.90. The second kappa shape index (κ2) is 7.42. The Hall–Kier alpha value is -0.180. The van der Waals surface area contributed by atoms with Crippen LogP contribution in [0.1, 0.15) is 25.3 Å². The van der Waals surface area contributed by atoms with E-state index in [0.717, 1.165) is 12.4 Å². The molecule has 1 nitrogen and oxygen atoms in total. The second-order valence-electron chi connectivity index (χ2n) is 4.89. The zero-order valence-electron chi connectivity index (χ0n) is 11.1. The van der Waals surface area contributed by atoms with Crippen LogP contribution < -0.4 is 0 Å². The van der Waals surface area contributed by atoms with Crippen LogP contribution in [0.5, 0.6) is 0 Å². The highest BCUT2D eigenvalue weighted by Gasteiger charge is 2.23. The summed E-state index contributed by atoms with van der Waals surface area (Å²) in [5, 5.41) is 0.711. The first-order chi connectivity index (χ1) is 8.83. The summed E-state index contributed by atoms with van der Waals surface area (Å²) in [6.07, 6.45) is 3.75. The first-order valence-corrected chi connectivity index (χ1v) is 8.27. The third-order valence-electron chi connectivity index (χ3n) is 3.40. The fourth-order valence-electron chi connectivity index (χ4n) is 2.44. The predicted molar refractivity (Wildman–Crippen MR) is 81.9 cm³/mol. The lowest BCUT2D eigenvalue weighted by molar-refractivity contribution is 0.286. The molecule has 0 amide bonds. The van der Waals surface area contributed by atoms with Crippen LogP contribution in [-0.4, -0.2) is 35.7 Å². The van der Waals surface area contributed by atoms with Crippen LogP contribution in [-0.2, 0) is 6.42 Å². The molecule has 18 heavy (non-hydrogen) atoms. The van der Waals surface area contributed by atoms with E-state index in [0.29, 0.717) is 5.25 Å². The van der Waals surface area contributed by atoms with Crippen molar-refractivity contribution in [2.75, 3.05) is 25.5 Å². The van der Waals surface area contributed by atoms with E-state index in [1.54, 1.807) is 0 Å². The van der Waals surface area contributed by atoms with Crippen LogP contribution in [0.4, 0.5) is 0 Å². The summed E-state index contributed by atoms with van der Waals surface area (Å²) in [4.78, 5) is 4.00. The zero-order chi connectivity index (χ0) is 12.8. The number of hydrogen-bond acceptors (Lipinski definition) is 2. The monoisotopic (exact) mass is 283 g/mol. The molecule has 1 aliphatic heterocycles. The predicted octanol–water partition coefficient (Wildman–Crippen LogP) is 4.04. The van der Waals surface area contributed by atoms with Gasteiger partial charge >= 0.3 is 0 Å². The topological polar surface area (TPSA) is 3.24 Å². The molecule has 0 saturated heterocycles. The number of rotatable bonds is 7. The Bertz CT molecular complexity index is 344. The Kier molecular flexibility index (Phi) is 5.87. The van der Waals surface area contributed by atoms with Gasteiger partial charge < -0.3 is 4.90 Å². The molecule has 3 heteroatoms. The van der Waals surface area contributed by atoms with E-state index in [9.17, 15) is 0 Å². The highest BCUT2D eigenvalue weighted by molar-refractivity contribution is 8.00. The highest BCUT2D eigenvalue weighted by atomic mass is 35.5. The summed E-state index contributed by atoms with van der Waals surface area (Å²) >= 11 is 7.94. The van der Waals surface area contributed by atoms with Crippen molar-refractivity contribution in [1.82, 2.24) is 4.90 Å². The molecule has 1 aromatic rings. The lowest BCUT2D eigenvalue weighted by atomic mass is 10.1. The van der Waals surface area contributed by atoms with E-state index in [1.165, 1.54) is 42.8 Å². The third-order valence-corrected chi connectivity index (χ3v) is 4.87. The van der Waals surface area contributed by atoms with Crippen LogP contribution in [0.15, 0.2) is 29.2 Å². The zero-order valence-corrected chi connectivity index (χ0v) is 12.6. The molecule has 2 rings (SSSR count). The molecular weight excluding hydrogens is 262 g/mol. The second-order valence-corrected chi connectivity index (χ2v) is 6.62. The van der Waals surface area contributed by atoms with Gasteiger partial charge in [0.05, 0.1) is 0 Å². The lowest BCUT2D eigenvalue weighted by Crippen LogP contribution is -2.33. The van der Waals surface area contributed by atoms with Gasteiger partial charge in [0.15, 0.2) is 0 Å². The molecule has 0 saturated carbocycles. The van der Waals surface area contributed by atoms with Crippen molar-refractivity contribution in [1.29, 1.82) is 0 Å². The molecule has 1 aromatic carbocycles. The van der Waals surface area contributed by atoms with Gasteiger partial charge in [0.25, 0.3) is 0 Å². The third kappa shape index (κ3) is 3.91. The van der Waals surface area contributed by atoms with Gasteiger partial charge in [-0.25, -0.2) is 0 Å². The van der Waals surface area contributed by atoms with Crippen molar-refractivity contribution in [3.8, 4) is 0 Å². The molecule has 0 N–H and O–H groups in total. The molecule has 100 valence electrons. The smallest absolute Gasteiger partial charge is 0.0351 e. The first-order valence-electron chi connectivity index (χ1n) is 6.86. The maximum absolute atomic E-state index is 5.90. The van der Waals surface area contributed by atoms with Gasteiger partial charge in [0.1, 0.15) is 0 Å². The van der Waals surface area contributed by atoms with E-state index >= 15 is 0 Å². The van der Waals surface area contributed by atoms with Gasteiger partial charge in [-0.05, 0) is 31.0 Å². The summed E-state index contributed by atoms with van der Waals surface area (Å²) in [5.41, 5.74) is 1.52. The minimum Gasteiger partial charge on any atom is -0.301 e. The van der Waals surface area contributed by atoms with Crippen LogP contribution in [0.2, 0.25) is 0 Å². The molecule has 0 aliphatic carbocycles. The fourth-order valence-corrected chi connectivity index (χ4v) is 4.05. The Morgan fingerprint density at radius 3 is 2.89 bits per heavy atom. The molecule has 0 aromatic heterocycles. The number of nitrogens with zero attached hydrogens (tertiary/aromatic N) is 1. The number of thioether (sulfide) groups is 1.